The number of primary amides is 1. The molecule has 1 atom stereocenters. The van der Waals surface area contributed by atoms with E-state index in [2.05, 4.69) is 25.7 Å². The quantitative estimate of drug-likeness (QED) is 0.638. The van der Waals surface area contributed by atoms with Crippen LogP contribution in [-0.2, 0) is 4.79 Å². The van der Waals surface area contributed by atoms with E-state index in [1.807, 2.05) is 0 Å². The number of amides is 1. The third kappa shape index (κ3) is 6.50. The molecule has 0 aliphatic carbocycles. The molecule has 0 heterocycles. The monoisotopic (exact) mass is 214 g/mol. The number of hydrogen-bond acceptors (Lipinski definition) is 2. The molecule has 0 rings (SSSR count). The Morgan fingerprint density at radius 1 is 1.13 bits per heavy atom. The number of hydrogen-bond donors (Lipinski definition) is 1. The van der Waals surface area contributed by atoms with Gasteiger partial charge in [-0.25, -0.2) is 0 Å². The molecular weight excluding hydrogens is 188 g/mol. The highest BCUT2D eigenvalue weighted by Gasteiger charge is 2.17. The minimum atomic E-state index is -0.144. The van der Waals surface area contributed by atoms with Crippen LogP contribution in [0, 0.1) is 5.92 Å². The molecule has 1 unspecified atom stereocenters. The van der Waals surface area contributed by atoms with Crippen LogP contribution < -0.4 is 5.73 Å². The highest BCUT2D eigenvalue weighted by Crippen LogP contribution is 2.09. The average molecular weight is 214 g/mol. The lowest BCUT2D eigenvalue weighted by molar-refractivity contribution is -0.122. The minimum Gasteiger partial charge on any atom is -0.369 e. The van der Waals surface area contributed by atoms with Crippen molar-refractivity contribution in [2.45, 2.75) is 46.5 Å². The molecule has 15 heavy (non-hydrogen) atoms. The number of nitrogens with zero attached hydrogens (tertiary/aromatic N) is 1. The van der Waals surface area contributed by atoms with E-state index < -0.39 is 0 Å². The van der Waals surface area contributed by atoms with Gasteiger partial charge in [0.15, 0.2) is 0 Å². The van der Waals surface area contributed by atoms with Gasteiger partial charge in [0.25, 0.3) is 0 Å². The molecule has 3 heteroatoms. The standard InChI is InChI=1S/C12H26N2O/c1-4-7-11(12(13)15)10-14(8-5-2)9-6-3/h11H,4-10H2,1-3H3,(H2,13,15). The van der Waals surface area contributed by atoms with E-state index in [1.165, 1.54) is 0 Å². The van der Waals surface area contributed by atoms with Gasteiger partial charge in [0.1, 0.15) is 0 Å². The molecule has 0 aromatic rings. The molecule has 0 aliphatic heterocycles. The van der Waals surface area contributed by atoms with Gasteiger partial charge in [-0.2, -0.15) is 0 Å². The highest BCUT2D eigenvalue weighted by atomic mass is 16.1. The van der Waals surface area contributed by atoms with Crippen molar-refractivity contribution >= 4 is 5.91 Å². The molecule has 0 aromatic heterocycles. The third-order valence-corrected chi connectivity index (χ3v) is 2.60. The van der Waals surface area contributed by atoms with E-state index in [0.717, 1.165) is 45.3 Å². The van der Waals surface area contributed by atoms with Gasteiger partial charge in [-0.15, -0.1) is 0 Å². The van der Waals surface area contributed by atoms with Gasteiger partial charge in [0, 0.05) is 6.54 Å². The summed E-state index contributed by atoms with van der Waals surface area (Å²) in [7, 11) is 0. The van der Waals surface area contributed by atoms with Gasteiger partial charge in [0.05, 0.1) is 5.92 Å². The lowest BCUT2D eigenvalue weighted by Gasteiger charge is -2.25. The average Bonchev–Trinajstić information content (AvgIpc) is 2.17. The fourth-order valence-corrected chi connectivity index (χ4v) is 1.91. The summed E-state index contributed by atoms with van der Waals surface area (Å²) in [5.74, 6) is -0.109. The van der Waals surface area contributed by atoms with Gasteiger partial charge in [-0.1, -0.05) is 27.2 Å². The maximum atomic E-state index is 11.2. The first-order chi connectivity index (χ1) is 7.15. The molecule has 0 spiro atoms. The molecule has 0 aromatic carbocycles. The summed E-state index contributed by atoms with van der Waals surface area (Å²) in [5.41, 5.74) is 5.40. The lowest BCUT2D eigenvalue weighted by Crippen LogP contribution is -2.37. The Morgan fingerprint density at radius 3 is 2.00 bits per heavy atom. The zero-order valence-electron chi connectivity index (χ0n) is 10.5. The van der Waals surface area contributed by atoms with Gasteiger partial charge in [0.2, 0.25) is 5.91 Å². The van der Waals surface area contributed by atoms with Gasteiger partial charge in [-0.05, 0) is 32.4 Å². The van der Waals surface area contributed by atoms with Crippen LogP contribution in [0.4, 0.5) is 0 Å². The highest BCUT2D eigenvalue weighted by molar-refractivity contribution is 5.76. The summed E-state index contributed by atoms with van der Waals surface area (Å²) in [4.78, 5) is 13.6. The number of nitrogens with two attached hydrogens (primary N) is 1. The first-order valence-electron chi connectivity index (χ1n) is 6.17. The fourth-order valence-electron chi connectivity index (χ4n) is 1.91. The summed E-state index contributed by atoms with van der Waals surface area (Å²) in [5, 5.41) is 0. The lowest BCUT2D eigenvalue weighted by atomic mass is 10.0. The molecule has 2 N–H and O–H groups in total. The van der Waals surface area contributed by atoms with Gasteiger partial charge in [-0.3, -0.25) is 4.79 Å². The molecule has 0 aliphatic rings. The van der Waals surface area contributed by atoms with E-state index in [4.69, 9.17) is 5.73 Å². The van der Waals surface area contributed by atoms with Gasteiger partial charge < -0.3 is 10.6 Å². The van der Waals surface area contributed by atoms with E-state index in [9.17, 15) is 4.79 Å². The van der Waals surface area contributed by atoms with Crippen molar-refractivity contribution in [3.05, 3.63) is 0 Å². The zero-order chi connectivity index (χ0) is 11.7. The fraction of sp³-hybridized carbons (Fsp3) is 0.917. The third-order valence-electron chi connectivity index (χ3n) is 2.60. The first-order valence-corrected chi connectivity index (χ1v) is 6.17. The predicted octanol–water partition coefficient (Wildman–Crippen LogP) is 2.01. The van der Waals surface area contributed by atoms with Crippen molar-refractivity contribution < 1.29 is 4.79 Å². The van der Waals surface area contributed by atoms with Crippen molar-refractivity contribution in [1.82, 2.24) is 4.90 Å². The zero-order valence-corrected chi connectivity index (χ0v) is 10.5. The molecular formula is C12H26N2O. The Balaban J connectivity index is 4.12. The van der Waals surface area contributed by atoms with E-state index >= 15 is 0 Å². The van der Waals surface area contributed by atoms with Crippen molar-refractivity contribution in [3.63, 3.8) is 0 Å². The second-order valence-corrected chi connectivity index (χ2v) is 4.19. The maximum Gasteiger partial charge on any atom is 0.221 e. The maximum absolute atomic E-state index is 11.2. The van der Waals surface area contributed by atoms with Crippen LogP contribution in [0.15, 0.2) is 0 Å². The Morgan fingerprint density at radius 2 is 1.67 bits per heavy atom. The topological polar surface area (TPSA) is 46.3 Å². The molecule has 0 fully saturated rings. The van der Waals surface area contributed by atoms with Crippen molar-refractivity contribution in [2.24, 2.45) is 11.7 Å². The van der Waals surface area contributed by atoms with E-state index in [1.54, 1.807) is 0 Å². The Labute approximate surface area is 94.0 Å². The summed E-state index contributed by atoms with van der Waals surface area (Å²) < 4.78 is 0. The summed E-state index contributed by atoms with van der Waals surface area (Å²) in [6.45, 7) is 9.41. The minimum absolute atomic E-state index is 0.0353. The Kier molecular flexibility index (Phi) is 8.38. The van der Waals surface area contributed by atoms with Crippen LogP contribution in [0.25, 0.3) is 0 Å². The second-order valence-electron chi connectivity index (χ2n) is 4.19. The molecule has 3 nitrogen and oxygen atoms in total. The number of carbonyl (C=O) groups excluding carboxylic acids is 1. The molecule has 0 radical (unpaired) electrons. The van der Waals surface area contributed by atoms with Crippen LogP contribution in [0.5, 0.6) is 0 Å². The summed E-state index contributed by atoms with van der Waals surface area (Å²) in [6.07, 6.45) is 4.22. The van der Waals surface area contributed by atoms with E-state index in [-0.39, 0.29) is 11.8 Å². The molecule has 90 valence electrons. The smallest absolute Gasteiger partial charge is 0.221 e. The predicted molar refractivity (Wildman–Crippen MR) is 64.6 cm³/mol. The van der Waals surface area contributed by atoms with Crippen LogP contribution in [0.3, 0.4) is 0 Å². The second kappa shape index (κ2) is 8.72. The Hall–Kier alpha value is -0.570. The SMILES string of the molecule is CCCC(CN(CCC)CCC)C(N)=O. The van der Waals surface area contributed by atoms with Crippen molar-refractivity contribution in [2.75, 3.05) is 19.6 Å². The number of rotatable bonds is 9. The normalized spacial score (nSPS) is 13.1. The largest absolute Gasteiger partial charge is 0.369 e. The molecule has 0 saturated heterocycles. The molecule has 0 saturated carbocycles. The van der Waals surface area contributed by atoms with Crippen LogP contribution >= 0.6 is 0 Å². The summed E-state index contributed by atoms with van der Waals surface area (Å²) in [6, 6.07) is 0. The Bertz CT molecular complexity index is 165. The molecule has 1 amide bonds. The van der Waals surface area contributed by atoms with Crippen molar-refractivity contribution in [1.29, 1.82) is 0 Å². The first kappa shape index (κ1) is 14.4. The van der Waals surface area contributed by atoms with Crippen LogP contribution in [0.2, 0.25) is 0 Å². The van der Waals surface area contributed by atoms with Gasteiger partial charge >= 0.3 is 0 Å². The summed E-state index contributed by atoms with van der Waals surface area (Å²) >= 11 is 0. The van der Waals surface area contributed by atoms with Crippen LogP contribution in [0.1, 0.15) is 46.5 Å². The van der Waals surface area contributed by atoms with Crippen LogP contribution in [-0.4, -0.2) is 30.4 Å². The van der Waals surface area contributed by atoms with E-state index in [0.29, 0.717) is 0 Å². The van der Waals surface area contributed by atoms with Crippen molar-refractivity contribution in [3.8, 4) is 0 Å². The number of carbonyl (C=O) groups is 1. The molecule has 0 bridgehead atoms.